The molecule has 1 saturated heterocycles. The molecule has 37 heavy (non-hydrogen) atoms. The Morgan fingerprint density at radius 2 is 1.81 bits per heavy atom. The molecule has 0 N–H and O–H groups in total. The van der Waals surface area contributed by atoms with Crippen LogP contribution in [-0.4, -0.2) is 83.2 Å². The van der Waals surface area contributed by atoms with E-state index < -0.39 is 28.1 Å². The predicted molar refractivity (Wildman–Crippen MR) is 132 cm³/mol. The van der Waals surface area contributed by atoms with Crippen LogP contribution in [-0.2, 0) is 16.3 Å². The molecule has 1 aromatic carbocycles. The minimum absolute atomic E-state index is 0.0959. The van der Waals surface area contributed by atoms with Gasteiger partial charge in [-0.3, -0.25) is 0 Å². The van der Waals surface area contributed by atoms with Crippen LogP contribution in [0.3, 0.4) is 0 Å². The van der Waals surface area contributed by atoms with E-state index in [-0.39, 0.29) is 30.2 Å². The standard InChI is InChI=1S/C23H24ClF3N6O3S/c1-30(22(34)31-9-11-37(35,36)12-10-31)21(23(25,26)27)15-4-6-16(7-5-15)32-8-2-3-17-18(32)14-28-20-13-19(24)29-33(17)20/h4-7,13-14,21H,2-3,8-12H2,1H3/t21-/m0/s1. The van der Waals surface area contributed by atoms with Crippen molar-refractivity contribution in [1.82, 2.24) is 24.4 Å². The van der Waals surface area contributed by atoms with Crippen molar-refractivity contribution in [2.24, 2.45) is 0 Å². The number of halogens is 4. The summed E-state index contributed by atoms with van der Waals surface area (Å²) in [5.41, 5.74) is 2.91. The van der Waals surface area contributed by atoms with Crippen molar-refractivity contribution < 1.29 is 26.4 Å². The number of anilines is 2. The minimum atomic E-state index is -4.74. The van der Waals surface area contributed by atoms with E-state index >= 15 is 0 Å². The zero-order chi connectivity index (χ0) is 26.5. The van der Waals surface area contributed by atoms with Crippen molar-refractivity contribution in [1.29, 1.82) is 0 Å². The van der Waals surface area contributed by atoms with Crippen molar-refractivity contribution in [2.45, 2.75) is 25.1 Å². The number of carbonyl (C=O) groups excluding carboxylic acids is 1. The Morgan fingerprint density at radius 1 is 1.14 bits per heavy atom. The number of hydrogen-bond acceptors (Lipinski definition) is 6. The van der Waals surface area contributed by atoms with Gasteiger partial charge in [-0.25, -0.2) is 22.7 Å². The van der Waals surface area contributed by atoms with Gasteiger partial charge in [0.1, 0.15) is 0 Å². The molecule has 2 aliphatic heterocycles. The number of urea groups is 1. The van der Waals surface area contributed by atoms with Gasteiger partial charge in [0.2, 0.25) is 0 Å². The fourth-order valence-corrected chi connectivity index (χ4v) is 6.28. The molecule has 1 atom stereocenters. The third kappa shape index (κ3) is 4.93. The molecule has 0 spiro atoms. The van der Waals surface area contributed by atoms with Crippen molar-refractivity contribution >= 4 is 44.5 Å². The first-order valence-electron chi connectivity index (χ1n) is 11.6. The molecule has 0 unspecified atom stereocenters. The molecule has 2 aromatic heterocycles. The van der Waals surface area contributed by atoms with Crippen LogP contribution in [0.1, 0.15) is 23.7 Å². The lowest BCUT2D eigenvalue weighted by Crippen LogP contribution is -2.51. The van der Waals surface area contributed by atoms with Gasteiger partial charge >= 0.3 is 12.2 Å². The monoisotopic (exact) mass is 556 g/mol. The zero-order valence-corrected chi connectivity index (χ0v) is 21.4. The van der Waals surface area contributed by atoms with Crippen LogP contribution in [0.5, 0.6) is 0 Å². The lowest BCUT2D eigenvalue weighted by molar-refractivity contribution is -0.176. The van der Waals surface area contributed by atoms with E-state index in [0.717, 1.165) is 36.2 Å². The van der Waals surface area contributed by atoms with Crippen molar-refractivity contribution in [3.63, 3.8) is 0 Å². The summed E-state index contributed by atoms with van der Waals surface area (Å²) in [6.07, 6.45) is -1.47. The molecule has 1 fully saturated rings. The van der Waals surface area contributed by atoms with Gasteiger partial charge in [0.25, 0.3) is 0 Å². The molecule has 0 saturated carbocycles. The summed E-state index contributed by atoms with van der Waals surface area (Å²) in [6.45, 7) is 0.381. The van der Waals surface area contributed by atoms with Crippen LogP contribution < -0.4 is 4.90 Å². The Kier molecular flexibility index (Phi) is 6.47. The van der Waals surface area contributed by atoms with E-state index in [1.807, 2.05) is 4.90 Å². The summed E-state index contributed by atoms with van der Waals surface area (Å²) in [5, 5.41) is 4.62. The molecule has 198 valence electrons. The highest BCUT2D eigenvalue weighted by Gasteiger charge is 2.46. The number of benzene rings is 1. The lowest BCUT2D eigenvalue weighted by Gasteiger charge is -2.36. The molecule has 4 heterocycles. The van der Waals surface area contributed by atoms with Gasteiger partial charge in [0.15, 0.2) is 26.7 Å². The van der Waals surface area contributed by atoms with E-state index in [1.54, 1.807) is 28.9 Å². The highest BCUT2D eigenvalue weighted by Crippen LogP contribution is 2.39. The van der Waals surface area contributed by atoms with E-state index in [9.17, 15) is 26.4 Å². The molecule has 9 nitrogen and oxygen atoms in total. The van der Waals surface area contributed by atoms with E-state index in [2.05, 4.69) is 10.1 Å². The van der Waals surface area contributed by atoms with Crippen LogP contribution in [0, 0.1) is 0 Å². The molecule has 0 aliphatic carbocycles. The molecule has 5 rings (SSSR count). The zero-order valence-electron chi connectivity index (χ0n) is 19.8. The summed E-state index contributed by atoms with van der Waals surface area (Å²) in [4.78, 5) is 21.0. The fourth-order valence-electron chi connectivity index (χ4n) is 4.90. The van der Waals surface area contributed by atoms with Gasteiger partial charge < -0.3 is 14.7 Å². The minimum Gasteiger partial charge on any atom is -0.339 e. The van der Waals surface area contributed by atoms with Crippen molar-refractivity contribution in [3.05, 3.63) is 52.9 Å². The predicted octanol–water partition coefficient (Wildman–Crippen LogP) is 3.85. The number of alkyl halides is 3. The fraction of sp³-hybridized carbons (Fsp3) is 0.435. The Balaban J connectivity index is 1.41. The lowest BCUT2D eigenvalue weighted by atomic mass is 10.0. The summed E-state index contributed by atoms with van der Waals surface area (Å²) in [6, 6.07) is 4.53. The molecular weight excluding hydrogens is 533 g/mol. The average Bonchev–Trinajstić information content (AvgIpc) is 3.24. The Hall–Kier alpha value is -3.06. The largest absolute Gasteiger partial charge is 0.413 e. The van der Waals surface area contributed by atoms with Crippen LogP contribution in [0.4, 0.5) is 29.3 Å². The third-order valence-corrected chi connectivity index (χ3v) is 8.55. The highest BCUT2D eigenvalue weighted by molar-refractivity contribution is 7.91. The first-order chi connectivity index (χ1) is 17.4. The maximum atomic E-state index is 14.2. The van der Waals surface area contributed by atoms with Gasteiger partial charge in [0.05, 0.1) is 29.1 Å². The number of aryl methyl sites for hydroxylation is 1. The first-order valence-corrected chi connectivity index (χ1v) is 13.8. The van der Waals surface area contributed by atoms with Gasteiger partial charge in [-0.1, -0.05) is 23.7 Å². The number of aromatic nitrogens is 3. The molecule has 14 heteroatoms. The molecule has 0 radical (unpaired) electrons. The second-order valence-electron chi connectivity index (χ2n) is 9.15. The average molecular weight is 557 g/mol. The molecular formula is C23H24ClF3N6O3S. The van der Waals surface area contributed by atoms with Gasteiger partial charge in [-0.2, -0.15) is 18.3 Å². The molecule has 2 amide bonds. The Labute approximate surface area is 216 Å². The third-order valence-electron chi connectivity index (χ3n) is 6.75. The number of rotatable bonds is 3. The number of sulfone groups is 1. The number of carbonyl (C=O) groups is 1. The number of fused-ring (bicyclic) bond motifs is 3. The maximum Gasteiger partial charge on any atom is 0.413 e. The summed E-state index contributed by atoms with van der Waals surface area (Å²) >= 11 is 6.04. The van der Waals surface area contributed by atoms with Gasteiger partial charge in [-0.05, 0) is 30.5 Å². The summed E-state index contributed by atoms with van der Waals surface area (Å²) in [5.74, 6) is -0.525. The second-order valence-corrected chi connectivity index (χ2v) is 11.8. The van der Waals surface area contributed by atoms with Crippen LogP contribution in [0.25, 0.3) is 5.65 Å². The Morgan fingerprint density at radius 3 is 2.46 bits per heavy atom. The second kappa shape index (κ2) is 9.35. The van der Waals surface area contributed by atoms with Crippen LogP contribution in [0.15, 0.2) is 36.5 Å². The molecule has 2 aliphatic rings. The maximum absolute atomic E-state index is 14.2. The smallest absolute Gasteiger partial charge is 0.339 e. The van der Waals surface area contributed by atoms with Crippen molar-refractivity contribution in [3.8, 4) is 0 Å². The van der Waals surface area contributed by atoms with Gasteiger partial charge in [-0.15, -0.1) is 0 Å². The van der Waals surface area contributed by atoms with Crippen LogP contribution >= 0.6 is 11.6 Å². The van der Waals surface area contributed by atoms with E-state index in [4.69, 9.17) is 11.6 Å². The SMILES string of the molecule is CN(C(=O)N1CCS(=O)(=O)CC1)[C@@H](c1ccc(N2CCCc3c2cnc2cc(Cl)nn32)cc1)C(F)(F)F. The normalized spacial score (nSPS) is 18.5. The van der Waals surface area contributed by atoms with Crippen LogP contribution in [0.2, 0.25) is 5.15 Å². The van der Waals surface area contributed by atoms with E-state index in [1.165, 1.54) is 12.1 Å². The number of nitrogens with zero attached hydrogens (tertiary/aromatic N) is 6. The van der Waals surface area contributed by atoms with Gasteiger partial charge in [0, 0.05) is 38.4 Å². The number of hydrogen-bond donors (Lipinski definition) is 0. The Bertz CT molecular complexity index is 1430. The summed E-state index contributed by atoms with van der Waals surface area (Å²) < 4.78 is 67.5. The topological polar surface area (TPSA) is 91.1 Å². The first kappa shape index (κ1) is 25.6. The number of amides is 2. The quantitative estimate of drug-likeness (QED) is 0.487. The summed E-state index contributed by atoms with van der Waals surface area (Å²) in [7, 11) is -2.19. The molecule has 3 aromatic rings. The van der Waals surface area contributed by atoms with Crippen molar-refractivity contribution in [2.75, 3.05) is 43.1 Å². The molecule has 0 bridgehead atoms. The van der Waals surface area contributed by atoms with E-state index in [0.29, 0.717) is 27.9 Å². The highest BCUT2D eigenvalue weighted by atomic mass is 35.5.